The summed E-state index contributed by atoms with van der Waals surface area (Å²) in [6.45, 7) is 0. The molecule has 1 heterocycles. The predicted octanol–water partition coefficient (Wildman–Crippen LogP) is 2.39. The number of fused-ring (bicyclic) bond motifs is 1. The van der Waals surface area contributed by atoms with E-state index in [2.05, 4.69) is 5.32 Å². The summed E-state index contributed by atoms with van der Waals surface area (Å²) in [5, 5.41) is 7.54. The minimum atomic E-state index is -0.521. The van der Waals surface area contributed by atoms with Gasteiger partial charge in [0.15, 0.2) is 0 Å². The molecule has 2 rings (SSSR count). The second-order valence-electron chi connectivity index (χ2n) is 2.64. The van der Waals surface area contributed by atoms with Crippen LogP contribution in [0.3, 0.4) is 0 Å². The summed E-state index contributed by atoms with van der Waals surface area (Å²) in [4.78, 5) is 10.6. The molecule has 2 aromatic rings. The van der Waals surface area contributed by atoms with Gasteiger partial charge in [0, 0.05) is 10.8 Å². The lowest BCUT2D eigenvalue weighted by molar-refractivity contribution is 0.259. The maximum atomic E-state index is 10.6. The van der Waals surface area contributed by atoms with Gasteiger partial charge in [-0.05, 0) is 5.39 Å². The van der Waals surface area contributed by atoms with Crippen molar-refractivity contribution in [2.75, 3.05) is 5.32 Å². The third-order valence-corrected chi connectivity index (χ3v) is 2.68. The number of nitrogens with one attached hydrogen (secondary N) is 1. The fourth-order valence-electron chi connectivity index (χ4n) is 1.20. The van der Waals surface area contributed by atoms with Gasteiger partial charge in [-0.1, -0.05) is 24.3 Å². The van der Waals surface area contributed by atoms with Crippen LogP contribution in [-0.2, 0) is 0 Å². The van der Waals surface area contributed by atoms with E-state index >= 15 is 0 Å². The maximum absolute atomic E-state index is 10.6. The molecule has 0 saturated heterocycles. The van der Waals surface area contributed by atoms with Crippen LogP contribution in [0.25, 0.3) is 10.8 Å². The van der Waals surface area contributed by atoms with Gasteiger partial charge in [0.1, 0.15) is 5.00 Å². The Labute approximate surface area is 79.2 Å². The van der Waals surface area contributed by atoms with Crippen LogP contribution in [-0.4, -0.2) is 6.03 Å². The van der Waals surface area contributed by atoms with Crippen LogP contribution in [0.2, 0.25) is 0 Å². The molecule has 1 aromatic heterocycles. The lowest BCUT2D eigenvalue weighted by Gasteiger charge is -1.97. The number of rotatable bonds is 1. The third-order valence-electron chi connectivity index (χ3n) is 1.75. The molecule has 0 aliphatic rings. The molecular weight excluding hydrogens is 184 g/mol. The largest absolute Gasteiger partial charge is 0.351 e. The molecule has 0 unspecified atom stereocenters. The Hall–Kier alpha value is -1.55. The number of urea groups is 1. The smallest absolute Gasteiger partial charge is 0.317 e. The molecule has 0 atom stereocenters. The number of thiophene rings is 1. The van der Waals surface area contributed by atoms with Gasteiger partial charge in [0.25, 0.3) is 0 Å². The molecule has 0 bridgehead atoms. The zero-order valence-electron chi connectivity index (χ0n) is 6.78. The third kappa shape index (κ3) is 1.48. The molecule has 3 nitrogen and oxygen atoms in total. The van der Waals surface area contributed by atoms with Crippen molar-refractivity contribution in [2.24, 2.45) is 5.73 Å². The van der Waals surface area contributed by atoms with Crippen LogP contribution in [0.4, 0.5) is 9.80 Å². The van der Waals surface area contributed by atoms with Crippen LogP contribution >= 0.6 is 11.3 Å². The first-order valence-corrected chi connectivity index (χ1v) is 4.68. The summed E-state index contributed by atoms with van der Waals surface area (Å²) in [5.74, 6) is 0. The Morgan fingerprint density at radius 3 is 2.92 bits per heavy atom. The van der Waals surface area contributed by atoms with E-state index in [9.17, 15) is 4.79 Å². The lowest BCUT2D eigenvalue weighted by Crippen LogP contribution is -2.18. The van der Waals surface area contributed by atoms with E-state index in [1.165, 1.54) is 11.3 Å². The maximum Gasteiger partial charge on any atom is 0.317 e. The van der Waals surface area contributed by atoms with Gasteiger partial charge in [-0.25, -0.2) is 4.79 Å². The molecule has 0 spiro atoms. The van der Waals surface area contributed by atoms with E-state index in [0.717, 1.165) is 15.8 Å². The highest BCUT2D eigenvalue weighted by molar-refractivity contribution is 7.16. The molecule has 1 aromatic carbocycles. The first-order valence-electron chi connectivity index (χ1n) is 3.80. The van der Waals surface area contributed by atoms with Crippen molar-refractivity contribution in [1.29, 1.82) is 0 Å². The van der Waals surface area contributed by atoms with Crippen LogP contribution in [0.15, 0.2) is 29.6 Å². The van der Waals surface area contributed by atoms with E-state index in [1.54, 1.807) is 0 Å². The summed E-state index contributed by atoms with van der Waals surface area (Å²) >= 11 is 1.48. The Bertz CT molecular complexity index is 450. The van der Waals surface area contributed by atoms with Crippen molar-refractivity contribution in [3.8, 4) is 0 Å². The van der Waals surface area contributed by atoms with Gasteiger partial charge in [-0.15, -0.1) is 11.3 Å². The zero-order valence-corrected chi connectivity index (χ0v) is 7.60. The summed E-state index contributed by atoms with van der Waals surface area (Å²) in [6.07, 6.45) is 0. The molecule has 0 aliphatic heterocycles. The topological polar surface area (TPSA) is 55.1 Å². The number of hydrogen-bond acceptors (Lipinski definition) is 2. The highest BCUT2D eigenvalue weighted by Gasteiger charge is 2.03. The monoisotopic (exact) mass is 192 g/mol. The van der Waals surface area contributed by atoms with Crippen molar-refractivity contribution in [3.63, 3.8) is 0 Å². The van der Waals surface area contributed by atoms with Crippen molar-refractivity contribution in [2.45, 2.75) is 0 Å². The highest BCUT2D eigenvalue weighted by atomic mass is 32.1. The fraction of sp³-hybridized carbons (Fsp3) is 0. The first-order chi connectivity index (χ1) is 6.27. The number of benzene rings is 1. The Morgan fingerprint density at radius 2 is 2.15 bits per heavy atom. The quantitative estimate of drug-likeness (QED) is 0.716. The highest BCUT2D eigenvalue weighted by Crippen LogP contribution is 2.29. The second kappa shape index (κ2) is 3.06. The second-order valence-corrected chi connectivity index (χ2v) is 3.52. The van der Waals surface area contributed by atoms with Gasteiger partial charge in [0.2, 0.25) is 0 Å². The predicted molar refractivity (Wildman–Crippen MR) is 55.0 cm³/mol. The van der Waals surface area contributed by atoms with Crippen LogP contribution < -0.4 is 11.1 Å². The lowest BCUT2D eigenvalue weighted by atomic mass is 10.2. The standard InChI is InChI=1S/C9H8N2OS/c10-9(12)11-8-7-4-2-1-3-6(7)5-13-8/h1-5H,(H3,10,11,12). The van der Waals surface area contributed by atoms with Crippen LogP contribution in [0.1, 0.15) is 0 Å². The van der Waals surface area contributed by atoms with Crippen LogP contribution in [0, 0.1) is 0 Å². The number of carbonyl (C=O) groups excluding carboxylic acids is 1. The number of nitrogens with two attached hydrogens (primary N) is 1. The SMILES string of the molecule is NC(=O)Nc1scc2ccccc12. The van der Waals surface area contributed by atoms with Crippen molar-refractivity contribution < 1.29 is 4.79 Å². The molecular formula is C9H8N2OS. The Balaban J connectivity index is 2.51. The summed E-state index contributed by atoms with van der Waals surface area (Å²) in [7, 11) is 0. The molecule has 0 radical (unpaired) electrons. The molecule has 0 saturated carbocycles. The van der Waals surface area contributed by atoms with E-state index in [4.69, 9.17) is 5.73 Å². The fourth-order valence-corrected chi connectivity index (χ4v) is 2.12. The zero-order chi connectivity index (χ0) is 9.26. The minimum absolute atomic E-state index is 0.521. The number of amides is 2. The molecule has 0 fully saturated rings. The first kappa shape index (κ1) is 8.07. The number of anilines is 1. The average Bonchev–Trinajstić information content (AvgIpc) is 2.48. The van der Waals surface area contributed by atoms with Crippen molar-refractivity contribution >= 4 is 33.1 Å². The summed E-state index contributed by atoms with van der Waals surface area (Å²) in [6, 6.07) is 7.33. The van der Waals surface area contributed by atoms with Crippen molar-refractivity contribution in [1.82, 2.24) is 0 Å². The van der Waals surface area contributed by atoms with Gasteiger partial charge in [-0.3, -0.25) is 5.32 Å². The summed E-state index contributed by atoms with van der Waals surface area (Å²) < 4.78 is 0. The van der Waals surface area contributed by atoms with Gasteiger partial charge >= 0.3 is 6.03 Å². The van der Waals surface area contributed by atoms with Gasteiger partial charge in [0.05, 0.1) is 0 Å². The van der Waals surface area contributed by atoms with E-state index in [-0.39, 0.29) is 0 Å². The number of carbonyl (C=O) groups is 1. The van der Waals surface area contributed by atoms with Gasteiger partial charge in [-0.2, -0.15) is 0 Å². The average molecular weight is 192 g/mol. The molecule has 0 aliphatic carbocycles. The number of primary amides is 1. The number of hydrogen-bond donors (Lipinski definition) is 2. The van der Waals surface area contributed by atoms with Crippen molar-refractivity contribution in [3.05, 3.63) is 29.6 Å². The van der Waals surface area contributed by atoms with E-state index in [1.807, 2.05) is 29.6 Å². The van der Waals surface area contributed by atoms with E-state index in [0.29, 0.717) is 0 Å². The summed E-state index contributed by atoms with van der Waals surface area (Å²) in [5.41, 5.74) is 5.03. The molecule has 4 heteroatoms. The molecule has 3 N–H and O–H groups in total. The Morgan fingerprint density at radius 1 is 1.38 bits per heavy atom. The van der Waals surface area contributed by atoms with Gasteiger partial charge < -0.3 is 5.73 Å². The van der Waals surface area contributed by atoms with Crippen LogP contribution in [0.5, 0.6) is 0 Å². The molecule has 13 heavy (non-hydrogen) atoms. The normalized spacial score (nSPS) is 10.2. The minimum Gasteiger partial charge on any atom is -0.351 e. The van der Waals surface area contributed by atoms with E-state index < -0.39 is 6.03 Å². The molecule has 66 valence electrons. The molecule has 2 amide bonds. The Kier molecular flexibility index (Phi) is 1.90.